The predicted octanol–water partition coefficient (Wildman–Crippen LogP) is 1.22. The van der Waals surface area contributed by atoms with E-state index >= 15 is 0 Å². The summed E-state index contributed by atoms with van der Waals surface area (Å²) in [6.45, 7) is 6.34. The van der Waals surface area contributed by atoms with Gasteiger partial charge >= 0.3 is 0 Å². The number of thiazole rings is 1. The Morgan fingerprint density at radius 2 is 1.83 bits per heavy atom. The number of carbonyl (C=O) groups excluding carboxylic acids is 1. The number of likely N-dealkylation sites (tertiary alicyclic amines) is 1. The quantitative estimate of drug-likeness (QED) is 0.687. The van der Waals surface area contributed by atoms with Gasteiger partial charge in [0.25, 0.3) is 11.7 Å². The second-order valence-electron chi connectivity index (χ2n) is 8.34. The number of pyridine rings is 1. The first kappa shape index (κ1) is 19.5. The summed E-state index contributed by atoms with van der Waals surface area (Å²) >= 11 is 1.81. The van der Waals surface area contributed by atoms with E-state index < -0.39 is 0 Å². The van der Waals surface area contributed by atoms with Crippen molar-refractivity contribution in [3.05, 3.63) is 53.7 Å². The molecule has 156 valence electrons. The molecule has 0 saturated carbocycles. The molecule has 0 radical (unpaired) electrons. The zero-order valence-corrected chi connectivity index (χ0v) is 18.0. The maximum Gasteiger partial charge on any atom is 0.277 e. The van der Waals surface area contributed by atoms with Crippen molar-refractivity contribution in [3.63, 3.8) is 0 Å². The van der Waals surface area contributed by atoms with Crippen LogP contribution >= 0.6 is 11.3 Å². The number of fused-ring (bicyclic) bond motifs is 1. The number of carbonyl (C=O) groups is 1. The summed E-state index contributed by atoms with van der Waals surface area (Å²) in [7, 11) is 0. The van der Waals surface area contributed by atoms with Gasteiger partial charge in [-0.1, -0.05) is 18.2 Å². The van der Waals surface area contributed by atoms with Crippen LogP contribution < -0.4 is 14.8 Å². The molecule has 0 aliphatic carbocycles. The van der Waals surface area contributed by atoms with Crippen LogP contribution in [0.3, 0.4) is 0 Å². The molecule has 6 nitrogen and oxygen atoms in total. The van der Waals surface area contributed by atoms with Crippen LogP contribution in [0.15, 0.2) is 48.7 Å². The molecule has 7 heteroatoms. The van der Waals surface area contributed by atoms with Crippen molar-refractivity contribution in [1.29, 1.82) is 0 Å². The number of H-pyrrole nitrogens is 1. The van der Waals surface area contributed by atoms with Crippen LogP contribution in [0.1, 0.15) is 23.8 Å². The molecule has 2 saturated heterocycles. The minimum atomic E-state index is 0.312. The molecule has 1 aromatic carbocycles. The lowest BCUT2D eigenvalue weighted by atomic mass is 9.97. The van der Waals surface area contributed by atoms with Crippen molar-refractivity contribution < 1.29 is 14.7 Å². The Morgan fingerprint density at radius 3 is 2.57 bits per heavy atom. The molecule has 2 fully saturated rings. The normalized spacial score (nSPS) is 18.8. The Labute approximate surface area is 181 Å². The van der Waals surface area contributed by atoms with E-state index in [1.807, 2.05) is 29.7 Å². The van der Waals surface area contributed by atoms with Gasteiger partial charge in [0.1, 0.15) is 26.2 Å². The Hall–Kier alpha value is -2.51. The molecule has 2 aliphatic rings. The molecule has 3 aromatic rings. The van der Waals surface area contributed by atoms with Gasteiger partial charge in [0.05, 0.1) is 21.4 Å². The van der Waals surface area contributed by atoms with Gasteiger partial charge in [-0.2, -0.15) is 0 Å². The molecule has 2 aromatic heterocycles. The van der Waals surface area contributed by atoms with Gasteiger partial charge in [0.2, 0.25) is 0 Å². The molecule has 2 N–H and O–H groups in total. The van der Waals surface area contributed by atoms with E-state index in [0.717, 1.165) is 57.6 Å². The number of nitrogens with zero attached hydrogens (tertiary/aromatic N) is 3. The number of piperazine rings is 1. The lowest BCUT2D eigenvalue weighted by Crippen LogP contribution is -3.16. The summed E-state index contributed by atoms with van der Waals surface area (Å²) in [5, 5.41) is 1.24. The molecule has 5 rings (SSSR count). The third-order valence-electron chi connectivity index (χ3n) is 6.41. The fourth-order valence-corrected chi connectivity index (χ4v) is 5.72. The van der Waals surface area contributed by atoms with Crippen molar-refractivity contribution in [2.24, 2.45) is 0 Å². The van der Waals surface area contributed by atoms with Crippen LogP contribution in [0.5, 0.6) is 0 Å². The van der Waals surface area contributed by atoms with Crippen molar-refractivity contribution in [2.75, 3.05) is 50.7 Å². The van der Waals surface area contributed by atoms with E-state index in [2.05, 4.69) is 45.1 Å². The summed E-state index contributed by atoms with van der Waals surface area (Å²) in [6, 6.07) is 14.5. The van der Waals surface area contributed by atoms with Crippen LogP contribution in [-0.2, 0) is 4.79 Å². The summed E-state index contributed by atoms with van der Waals surface area (Å²) in [5.41, 5.74) is 1.10. The highest BCUT2D eigenvalue weighted by atomic mass is 32.1. The lowest BCUT2D eigenvalue weighted by molar-refractivity contribution is -0.892. The average Bonchev–Trinajstić information content (AvgIpc) is 3.25. The fourth-order valence-electron chi connectivity index (χ4n) is 4.59. The Balaban J connectivity index is 1.10. The molecule has 1 amide bonds. The monoisotopic (exact) mass is 423 g/mol. The van der Waals surface area contributed by atoms with Crippen LogP contribution in [0, 0.1) is 0 Å². The average molecular weight is 424 g/mol. The van der Waals surface area contributed by atoms with Crippen molar-refractivity contribution in [3.8, 4) is 0 Å². The van der Waals surface area contributed by atoms with Crippen molar-refractivity contribution >= 4 is 33.3 Å². The number of quaternary nitrogens is 1. The third kappa shape index (κ3) is 4.18. The number of hydrogen-bond acceptors (Lipinski definition) is 4. The minimum absolute atomic E-state index is 0.312. The topological polar surface area (TPSA) is 55.0 Å². The highest BCUT2D eigenvalue weighted by molar-refractivity contribution is 7.18. The van der Waals surface area contributed by atoms with E-state index in [1.54, 1.807) is 0 Å². The Kier molecular flexibility index (Phi) is 5.64. The van der Waals surface area contributed by atoms with Gasteiger partial charge in [-0.05, 0) is 31.0 Å². The fraction of sp³-hybridized carbons (Fsp3) is 0.435. The largest absolute Gasteiger partial charge is 0.338 e. The molecule has 0 spiro atoms. The molecule has 0 unspecified atom stereocenters. The van der Waals surface area contributed by atoms with Gasteiger partial charge in [0.15, 0.2) is 6.54 Å². The predicted molar refractivity (Wildman–Crippen MR) is 119 cm³/mol. The van der Waals surface area contributed by atoms with E-state index in [-0.39, 0.29) is 0 Å². The number of piperidine rings is 1. The van der Waals surface area contributed by atoms with Gasteiger partial charge in [-0.15, -0.1) is 11.3 Å². The lowest BCUT2D eigenvalue weighted by Gasteiger charge is -2.33. The second kappa shape index (κ2) is 8.70. The van der Waals surface area contributed by atoms with E-state index in [4.69, 9.17) is 4.98 Å². The molecule has 30 heavy (non-hydrogen) atoms. The molecule has 4 heterocycles. The molecular weight excluding hydrogens is 394 g/mol. The van der Waals surface area contributed by atoms with Gasteiger partial charge in [0, 0.05) is 25.1 Å². The van der Waals surface area contributed by atoms with Gasteiger partial charge in [-0.25, -0.2) is 9.97 Å². The Bertz CT molecular complexity index is 958. The number of anilines is 1. The van der Waals surface area contributed by atoms with Crippen LogP contribution in [0.25, 0.3) is 10.2 Å². The maximum absolute atomic E-state index is 12.9. The maximum atomic E-state index is 12.9. The molecule has 0 bridgehead atoms. The van der Waals surface area contributed by atoms with E-state index in [0.29, 0.717) is 18.4 Å². The zero-order valence-electron chi connectivity index (χ0n) is 17.2. The highest BCUT2D eigenvalue weighted by Gasteiger charge is 2.31. The molecular formula is C23H29N5OS+2. The Morgan fingerprint density at radius 1 is 1.07 bits per heavy atom. The van der Waals surface area contributed by atoms with E-state index in [9.17, 15) is 4.79 Å². The van der Waals surface area contributed by atoms with Crippen LogP contribution in [0.2, 0.25) is 0 Å². The number of hydrogen-bond donors (Lipinski definition) is 1. The molecule has 0 atom stereocenters. The zero-order chi connectivity index (χ0) is 20.3. The molecule has 2 aliphatic heterocycles. The number of rotatable bonds is 4. The number of amides is 1. The number of aromatic amines is 1. The first-order chi connectivity index (χ1) is 14.8. The number of para-hydroxylation sites is 1. The summed E-state index contributed by atoms with van der Waals surface area (Å²) in [4.78, 5) is 26.9. The van der Waals surface area contributed by atoms with Gasteiger partial charge in [-0.3, -0.25) is 9.69 Å². The SMILES string of the molecule is O=C(C[NH+]1CCN(c2cccc[nH+]2)CC1)N1CCC(c2nc3ccccc3s2)CC1. The number of benzene rings is 1. The summed E-state index contributed by atoms with van der Waals surface area (Å²) < 4.78 is 1.27. The third-order valence-corrected chi connectivity index (χ3v) is 7.61. The second-order valence-corrected chi connectivity index (χ2v) is 9.40. The smallest absolute Gasteiger partial charge is 0.277 e. The first-order valence-electron chi connectivity index (χ1n) is 10.9. The van der Waals surface area contributed by atoms with Crippen molar-refractivity contribution in [2.45, 2.75) is 18.8 Å². The summed E-state index contributed by atoms with van der Waals surface area (Å²) in [6.07, 6.45) is 4.02. The van der Waals surface area contributed by atoms with E-state index in [1.165, 1.54) is 20.4 Å². The van der Waals surface area contributed by atoms with Crippen LogP contribution in [-0.4, -0.2) is 61.6 Å². The van der Waals surface area contributed by atoms with Crippen molar-refractivity contribution in [1.82, 2.24) is 9.88 Å². The van der Waals surface area contributed by atoms with Gasteiger partial charge < -0.3 is 9.80 Å². The standard InChI is InChI=1S/C23H27N5OS/c29-22(17-26-13-15-27(16-14-26)21-7-3-4-10-24-21)28-11-8-18(9-12-28)23-25-19-5-1-2-6-20(19)30-23/h1-7,10,18H,8-9,11-17H2/p+2. The first-order valence-corrected chi connectivity index (χ1v) is 11.8. The summed E-state index contributed by atoms with van der Waals surface area (Å²) in [5.74, 6) is 1.97. The number of aromatic nitrogens is 2. The highest BCUT2D eigenvalue weighted by Crippen LogP contribution is 2.33. The minimum Gasteiger partial charge on any atom is -0.338 e. The van der Waals surface area contributed by atoms with Crippen LogP contribution in [0.4, 0.5) is 5.82 Å². The number of nitrogens with one attached hydrogen (secondary N) is 2.